The molecule has 0 amide bonds. The number of carbonyl (C=O) groups is 3. The van der Waals surface area contributed by atoms with Crippen LogP contribution in [0.15, 0.2) is 59.1 Å². The summed E-state index contributed by atoms with van der Waals surface area (Å²) < 4.78 is 10.9. The summed E-state index contributed by atoms with van der Waals surface area (Å²) in [5.74, 6) is -1.99. The number of carbonyl (C=O) groups excluding carboxylic acids is 1. The van der Waals surface area contributed by atoms with Crippen LogP contribution >= 0.6 is 12.2 Å². The molecule has 4 rings (SSSR count). The maximum Gasteiger partial charge on any atom is 0.335 e. The third-order valence-electron chi connectivity index (χ3n) is 5.84. The van der Waals surface area contributed by atoms with E-state index in [-0.39, 0.29) is 29.6 Å². The number of aromatic carboxylic acids is 2. The third kappa shape index (κ3) is 5.20. The number of carboxylic acids is 2. The quantitative estimate of drug-likeness (QED) is 0.287. The molecular weight excluding hydrogens is 486 g/mol. The van der Waals surface area contributed by atoms with Gasteiger partial charge in [-0.1, -0.05) is 6.07 Å². The lowest BCUT2D eigenvalue weighted by Gasteiger charge is -2.25. The summed E-state index contributed by atoms with van der Waals surface area (Å²) in [5.41, 5.74) is 0.725. The van der Waals surface area contributed by atoms with E-state index in [1.54, 1.807) is 24.4 Å². The minimum absolute atomic E-state index is 0.164. The number of methoxy groups -OCH3 is 1. The molecule has 0 bridgehead atoms. The van der Waals surface area contributed by atoms with E-state index < -0.39 is 18.0 Å². The summed E-state index contributed by atoms with van der Waals surface area (Å²) in [4.78, 5) is 41.0. The van der Waals surface area contributed by atoms with Crippen LogP contribution in [0.2, 0.25) is 0 Å². The van der Waals surface area contributed by atoms with Crippen molar-refractivity contribution in [1.82, 2.24) is 15.2 Å². The van der Waals surface area contributed by atoms with Crippen molar-refractivity contribution in [2.24, 2.45) is 0 Å². The molecule has 1 aliphatic rings. The molecule has 1 aromatic carbocycles. The Hall–Kier alpha value is -4.25. The predicted molar refractivity (Wildman–Crippen MR) is 131 cm³/mol. The van der Waals surface area contributed by atoms with E-state index in [0.717, 1.165) is 11.8 Å². The van der Waals surface area contributed by atoms with Crippen molar-refractivity contribution in [3.05, 3.63) is 77.3 Å². The number of hydrogen-bond donors (Lipinski definition) is 3. The average molecular weight is 510 g/mol. The Morgan fingerprint density at radius 1 is 1.11 bits per heavy atom. The second kappa shape index (κ2) is 10.6. The Kier molecular flexibility index (Phi) is 7.30. The second-order valence-corrected chi connectivity index (χ2v) is 8.50. The molecule has 3 heterocycles. The van der Waals surface area contributed by atoms with Crippen LogP contribution in [0.1, 0.15) is 57.1 Å². The van der Waals surface area contributed by atoms with Gasteiger partial charge >= 0.3 is 17.9 Å². The number of nitrogens with one attached hydrogen (secondary N) is 1. The molecule has 2 aromatic heterocycles. The number of thiocarbonyl (C=S) groups is 1. The number of nitrogens with zero attached hydrogens (tertiary/aromatic N) is 2. The highest BCUT2D eigenvalue weighted by molar-refractivity contribution is 7.80. The zero-order valence-corrected chi connectivity index (χ0v) is 20.0. The number of benzene rings is 1. The lowest BCUT2D eigenvalue weighted by Crippen LogP contribution is -2.30. The van der Waals surface area contributed by atoms with Crippen LogP contribution < -0.4 is 5.32 Å². The zero-order valence-electron chi connectivity index (χ0n) is 19.2. The van der Waals surface area contributed by atoms with E-state index in [0.29, 0.717) is 35.2 Å². The maximum absolute atomic E-state index is 11.6. The van der Waals surface area contributed by atoms with Crippen molar-refractivity contribution in [3.63, 3.8) is 0 Å². The van der Waals surface area contributed by atoms with Gasteiger partial charge in [0, 0.05) is 24.7 Å². The predicted octanol–water partition coefficient (Wildman–Crippen LogP) is 3.66. The first-order valence-electron chi connectivity index (χ1n) is 11.0. The van der Waals surface area contributed by atoms with Crippen molar-refractivity contribution in [2.75, 3.05) is 13.7 Å². The van der Waals surface area contributed by atoms with Crippen LogP contribution in [0, 0.1) is 0 Å². The number of rotatable bonds is 9. The normalized spacial score (nSPS) is 17.0. The van der Waals surface area contributed by atoms with Crippen LogP contribution in [0.3, 0.4) is 0 Å². The Labute approximate surface area is 211 Å². The first kappa shape index (κ1) is 24.9. The molecule has 0 spiro atoms. The summed E-state index contributed by atoms with van der Waals surface area (Å²) in [6.07, 6.45) is 2.39. The smallest absolute Gasteiger partial charge is 0.335 e. The highest BCUT2D eigenvalue weighted by Crippen LogP contribution is 2.40. The molecule has 1 fully saturated rings. The minimum atomic E-state index is -1.25. The number of carboxylic acid groups (broad SMARTS) is 2. The summed E-state index contributed by atoms with van der Waals surface area (Å²) >= 11 is 5.59. The first-order chi connectivity index (χ1) is 17.3. The molecule has 0 radical (unpaired) electrons. The van der Waals surface area contributed by atoms with Gasteiger partial charge in [-0.05, 0) is 61.1 Å². The molecule has 3 aromatic rings. The molecule has 0 saturated carbocycles. The number of furan rings is 1. The minimum Gasteiger partial charge on any atom is -0.478 e. The number of esters is 1. The Balaban J connectivity index is 1.71. The largest absolute Gasteiger partial charge is 0.478 e. The summed E-state index contributed by atoms with van der Waals surface area (Å²) in [5, 5.41) is 22.6. The molecule has 1 aliphatic heterocycles. The van der Waals surface area contributed by atoms with Crippen LogP contribution in [0.5, 0.6) is 0 Å². The monoisotopic (exact) mass is 509 g/mol. The van der Waals surface area contributed by atoms with Crippen LogP contribution in [0.25, 0.3) is 11.3 Å². The van der Waals surface area contributed by atoms with E-state index in [1.165, 1.54) is 19.2 Å². The number of hydrogen-bond acceptors (Lipinski definition) is 7. The maximum atomic E-state index is 11.6. The SMILES string of the molecule is COC(=O)CCCN1C(=S)N[C@H](c2ccccn2)[C@@H]1c1ccc(-c2cc(C(=O)O)cc(C(=O)O)c2)o1. The van der Waals surface area contributed by atoms with Crippen LogP contribution in [-0.4, -0.2) is 56.8 Å². The van der Waals surface area contributed by atoms with E-state index in [9.17, 15) is 24.6 Å². The second-order valence-electron chi connectivity index (χ2n) is 8.11. The first-order valence-corrected chi connectivity index (χ1v) is 11.5. The lowest BCUT2D eigenvalue weighted by molar-refractivity contribution is -0.140. The number of pyridine rings is 1. The van der Waals surface area contributed by atoms with Crippen molar-refractivity contribution >= 4 is 35.2 Å². The Morgan fingerprint density at radius 3 is 2.44 bits per heavy atom. The molecule has 1 saturated heterocycles. The van der Waals surface area contributed by atoms with Gasteiger partial charge in [0.15, 0.2) is 5.11 Å². The van der Waals surface area contributed by atoms with Crippen LogP contribution in [0.4, 0.5) is 0 Å². The molecule has 10 nitrogen and oxygen atoms in total. The molecule has 2 atom stereocenters. The van der Waals surface area contributed by atoms with Gasteiger partial charge in [0.05, 0.1) is 30.0 Å². The van der Waals surface area contributed by atoms with Crippen LogP contribution in [-0.2, 0) is 9.53 Å². The van der Waals surface area contributed by atoms with E-state index in [4.69, 9.17) is 21.4 Å². The van der Waals surface area contributed by atoms with Gasteiger partial charge < -0.3 is 29.6 Å². The summed E-state index contributed by atoms with van der Waals surface area (Å²) in [6.45, 7) is 0.447. The van der Waals surface area contributed by atoms with Gasteiger partial charge in [-0.25, -0.2) is 9.59 Å². The lowest BCUT2D eigenvalue weighted by atomic mass is 10.0. The molecule has 186 valence electrons. The number of ether oxygens (including phenoxy) is 1. The van der Waals surface area contributed by atoms with Gasteiger partial charge in [0.1, 0.15) is 17.6 Å². The standard InChI is InChI=1S/C25H23N3O7S/c1-34-20(29)6-4-10-28-22(21(27-25(28)36)17-5-2-3-9-26-17)19-8-7-18(35-19)14-11-15(23(30)31)13-16(12-14)24(32)33/h2-3,5,7-9,11-13,21-22H,4,6,10H2,1H3,(H,27,36)(H,30,31)(H,32,33)/t21-,22+/m1/s1. The van der Waals surface area contributed by atoms with Crippen molar-refractivity contribution < 1.29 is 33.8 Å². The molecule has 0 unspecified atom stereocenters. The van der Waals surface area contributed by atoms with Crippen molar-refractivity contribution in [2.45, 2.75) is 24.9 Å². The third-order valence-corrected chi connectivity index (χ3v) is 6.19. The fourth-order valence-electron chi connectivity index (χ4n) is 4.13. The van der Waals surface area contributed by atoms with E-state index in [2.05, 4.69) is 10.3 Å². The molecule has 0 aliphatic carbocycles. The fourth-order valence-corrected chi connectivity index (χ4v) is 4.47. The summed E-state index contributed by atoms with van der Waals surface area (Å²) in [7, 11) is 1.34. The van der Waals surface area contributed by atoms with Gasteiger partial charge in [-0.2, -0.15) is 0 Å². The van der Waals surface area contributed by atoms with Gasteiger partial charge in [0.2, 0.25) is 0 Å². The molecule has 11 heteroatoms. The number of aromatic nitrogens is 1. The van der Waals surface area contributed by atoms with Crippen molar-refractivity contribution in [3.8, 4) is 11.3 Å². The van der Waals surface area contributed by atoms with E-state index >= 15 is 0 Å². The van der Waals surface area contributed by atoms with Gasteiger partial charge in [-0.3, -0.25) is 9.78 Å². The summed E-state index contributed by atoms with van der Waals surface area (Å²) in [6, 6.07) is 12.0. The fraction of sp³-hybridized carbons (Fsp3) is 0.240. The zero-order chi connectivity index (χ0) is 25.8. The Bertz CT molecular complexity index is 1280. The highest BCUT2D eigenvalue weighted by atomic mass is 32.1. The topological polar surface area (TPSA) is 142 Å². The molecule has 36 heavy (non-hydrogen) atoms. The van der Waals surface area contributed by atoms with Gasteiger partial charge in [0.25, 0.3) is 0 Å². The highest BCUT2D eigenvalue weighted by Gasteiger charge is 2.41. The van der Waals surface area contributed by atoms with Gasteiger partial charge in [-0.15, -0.1) is 0 Å². The molecular formula is C25H23N3O7S. The average Bonchev–Trinajstić information content (AvgIpc) is 3.49. The van der Waals surface area contributed by atoms with Crippen molar-refractivity contribution in [1.29, 1.82) is 0 Å². The Morgan fingerprint density at radius 2 is 1.83 bits per heavy atom. The molecule has 3 N–H and O–H groups in total. The van der Waals surface area contributed by atoms with E-state index in [1.807, 2.05) is 17.0 Å².